The maximum atomic E-state index is 6.42. The average molecular weight is 665 g/mol. The van der Waals surface area contributed by atoms with Gasteiger partial charge in [-0.15, -0.1) is 12.3 Å². The quantitative estimate of drug-likeness (QED) is 0.132. The number of hydrogen-bond donors (Lipinski definition) is 2. The predicted molar refractivity (Wildman–Crippen MR) is 222 cm³/mol. The van der Waals surface area contributed by atoms with Crippen molar-refractivity contribution >= 4 is 44.7 Å². The number of nitrogens with zero attached hydrogens (tertiary/aromatic N) is 2. The van der Waals surface area contributed by atoms with Gasteiger partial charge in [-0.1, -0.05) is 104 Å². The molecule has 0 atom stereocenters. The van der Waals surface area contributed by atoms with Crippen LogP contribution in [0.5, 0.6) is 0 Å². The number of aromatic nitrogens is 2. The number of benzene rings is 5. The maximum absolute atomic E-state index is 6.42. The first kappa shape index (κ1) is 34.5. The molecule has 0 unspecified atom stereocenters. The minimum Gasteiger partial charge on any atom is -0.397 e. The van der Waals surface area contributed by atoms with E-state index in [-0.39, 0.29) is 0 Å². The van der Waals surface area contributed by atoms with Gasteiger partial charge in [0.05, 0.1) is 22.6 Å². The molecule has 2 heterocycles. The van der Waals surface area contributed by atoms with Crippen LogP contribution in [0.25, 0.3) is 72.4 Å². The Morgan fingerprint density at radius 3 is 2.08 bits per heavy atom. The summed E-state index contributed by atoms with van der Waals surface area (Å²) in [6.45, 7) is 14.3. The van der Waals surface area contributed by atoms with E-state index in [0.717, 1.165) is 39.1 Å². The Morgan fingerprint density at radius 2 is 1.45 bits per heavy atom. The number of rotatable bonds is 7. The highest BCUT2D eigenvalue weighted by Crippen LogP contribution is 2.42. The summed E-state index contributed by atoms with van der Waals surface area (Å²) in [5.74, 6) is 2.25. The van der Waals surface area contributed by atoms with Crippen molar-refractivity contribution in [1.82, 2.24) is 9.55 Å². The van der Waals surface area contributed by atoms with Crippen molar-refractivity contribution in [2.24, 2.45) is 0 Å². The van der Waals surface area contributed by atoms with Gasteiger partial charge in [-0.05, 0) is 102 Å². The summed E-state index contributed by atoms with van der Waals surface area (Å²) >= 11 is 0. The van der Waals surface area contributed by atoms with E-state index in [2.05, 4.69) is 148 Å². The third-order valence-electron chi connectivity index (χ3n) is 9.71. The summed E-state index contributed by atoms with van der Waals surface area (Å²) < 4.78 is 2.22. The molecule has 5 aromatic carbocycles. The van der Waals surface area contributed by atoms with E-state index >= 15 is 0 Å². The second kappa shape index (κ2) is 14.7. The second-order valence-corrected chi connectivity index (χ2v) is 12.7. The van der Waals surface area contributed by atoms with Crippen molar-refractivity contribution in [1.29, 1.82) is 0 Å². The molecule has 7 rings (SSSR count). The van der Waals surface area contributed by atoms with E-state index in [1.165, 1.54) is 61.0 Å². The first-order chi connectivity index (χ1) is 24.8. The number of fused-ring (bicyclic) bond motifs is 2. The fourth-order valence-corrected chi connectivity index (χ4v) is 7.19. The van der Waals surface area contributed by atoms with Crippen LogP contribution >= 0.6 is 0 Å². The fraction of sp³-hybridized carbons (Fsp3) is 0.128. The molecule has 0 saturated heterocycles. The number of nitrogen functional groups attached to an aromatic ring is 1. The normalized spacial score (nSPS) is 11.2. The summed E-state index contributed by atoms with van der Waals surface area (Å²) in [5, 5.41) is 6.91. The lowest BCUT2D eigenvalue weighted by Gasteiger charge is -2.17. The molecule has 0 radical (unpaired) electrons. The van der Waals surface area contributed by atoms with Gasteiger partial charge in [0.25, 0.3) is 0 Å². The molecular weight excluding hydrogens is 621 g/mol. The Labute approximate surface area is 302 Å². The van der Waals surface area contributed by atoms with E-state index in [1.54, 1.807) is 6.92 Å². The Kier molecular flexibility index (Phi) is 9.93. The zero-order valence-electron chi connectivity index (χ0n) is 30.3. The molecule has 0 aliphatic carbocycles. The lowest BCUT2D eigenvalue weighted by Crippen LogP contribution is -2.00. The van der Waals surface area contributed by atoms with Crippen molar-refractivity contribution in [2.75, 3.05) is 18.1 Å². The summed E-state index contributed by atoms with van der Waals surface area (Å²) in [7, 11) is 1.94. The molecule has 0 fully saturated rings. The van der Waals surface area contributed by atoms with Gasteiger partial charge in [-0.25, -0.2) is 0 Å². The molecule has 3 N–H and O–H groups in total. The average Bonchev–Trinajstić information content (AvgIpc) is 3.50. The van der Waals surface area contributed by atoms with Gasteiger partial charge in [0.2, 0.25) is 0 Å². The molecule has 0 saturated carbocycles. The zero-order valence-corrected chi connectivity index (χ0v) is 30.3. The summed E-state index contributed by atoms with van der Waals surface area (Å²) in [4.78, 5) is 4.85. The van der Waals surface area contributed by atoms with Crippen LogP contribution in [0, 0.1) is 26.2 Å². The highest BCUT2D eigenvalue weighted by molar-refractivity contribution is 6.12. The lowest BCUT2D eigenvalue weighted by molar-refractivity contribution is 1.01. The van der Waals surface area contributed by atoms with E-state index < -0.39 is 0 Å². The van der Waals surface area contributed by atoms with Crippen LogP contribution in [-0.2, 0) is 0 Å². The molecule has 4 nitrogen and oxygen atoms in total. The van der Waals surface area contributed by atoms with Crippen LogP contribution in [0.15, 0.2) is 122 Å². The van der Waals surface area contributed by atoms with Crippen LogP contribution in [0.4, 0.5) is 11.4 Å². The fourth-order valence-electron chi connectivity index (χ4n) is 7.19. The van der Waals surface area contributed by atoms with Gasteiger partial charge in [-0.2, -0.15) is 0 Å². The summed E-state index contributed by atoms with van der Waals surface area (Å²) in [6, 6.07) is 34.6. The van der Waals surface area contributed by atoms with Gasteiger partial charge >= 0.3 is 0 Å². The first-order valence-corrected chi connectivity index (χ1v) is 17.2. The number of allylic oxidation sites excluding steroid dienone is 2. The molecule has 7 aromatic rings. The molecule has 0 amide bonds. The summed E-state index contributed by atoms with van der Waals surface area (Å²) in [6.07, 6.45) is 12.9. The molecule has 252 valence electrons. The summed E-state index contributed by atoms with van der Waals surface area (Å²) in [5.41, 5.74) is 23.1. The van der Waals surface area contributed by atoms with E-state index in [9.17, 15) is 0 Å². The number of anilines is 2. The molecule has 0 aliphatic rings. The highest BCUT2D eigenvalue weighted by Gasteiger charge is 2.19. The van der Waals surface area contributed by atoms with Crippen molar-refractivity contribution in [2.45, 2.75) is 34.6 Å². The Morgan fingerprint density at radius 1 is 0.843 bits per heavy atom. The van der Waals surface area contributed by atoms with Crippen molar-refractivity contribution in [3.63, 3.8) is 0 Å². The Balaban J connectivity index is 0.00000144. The predicted octanol–water partition coefficient (Wildman–Crippen LogP) is 12.1. The van der Waals surface area contributed by atoms with Crippen molar-refractivity contribution < 1.29 is 0 Å². The smallest absolute Gasteiger partial charge is 0.0945 e. The maximum Gasteiger partial charge on any atom is 0.0945 e. The number of para-hydroxylation sites is 2. The van der Waals surface area contributed by atoms with Gasteiger partial charge in [0.1, 0.15) is 0 Å². The molecule has 0 aliphatic heterocycles. The molecule has 0 bridgehead atoms. The van der Waals surface area contributed by atoms with E-state index in [1.807, 2.05) is 37.5 Å². The van der Waals surface area contributed by atoms with Gasteiger partial charge in [0.15, 0.2) is 0 Å². The van der Waals surface area contributed by atoms with E-state index in [0.29, 0.717) is 0 Å². The van der Waals surface area contributed by atoms with Crippen molar-refractivity contribution in [3.05, 3.63) is 144 Å². The monoisotopic (exact) mass is 664 g/mol. The third kappa shape index (κ3) is 6.20. The van der Waals surface area contributed by atoms with Gasteiger partial charge in [0, 0.05) is 41.6 Å². The van der Waals surface area contributed by atoms with Crippen molar-refractivity contribution in [3.8, 4) is 51.4 Å². The van der Waals surface area contributed by atoms with Crippen LogP contribution < -0.4 is 11.1 Å². The molecule has 2 aromatic heterocycles. The van der Waals surface area contributed by atoms with Gasteiger partial charge < -0.3 is 15.6 Å². The van der Waals surface area contributed by atoms with Crippen LogP contribution in [0.1, 0.15) is 43.2 Å². The topological polar surface area (TPSA) is 55.9 Å². The van der Waals surface area contributed by atoms with E-state index in [4.69, 9.17) is 10.7 Å². The number of aryl methyl sites for hydroxylation is 1. The van der Waals surface area contributed by atoms with Crippen LogP contribution in [0.2, 0.25) is 0 Å². The Bertz CT molecular complexity index is 2490. The Hall–Kier alpha value is -6.31. The highest BCUT2D eigenvalue weighted by atomic mass is 15.0. The molecule has 51 heavy (non-hydrogen) atoms. The zero-order chi connectivity index (χ0) is 36.2. The number of hydrogen-bond acceptors (Lipinski definition) is 3. The van der Waals surface area contributed by atoms with Crippen LogP contribution in [0.3, 0.4) is 0 Å². The number of nitrogens with two attached hydrogens (primary N) is 1. The second-order valence-electron chi connectivity index (χ2n) is 12.7. The third-order valence-corrected chi connectivity index (χ3v) is 9.71. The van der Waals surface area contributed by atoms with Gasteiger partial charge in [-0.3, -0.25) is 4.98 Å². The minimum absolute atomic E-state index is 0.761. The first-order valence-electron chi connectivity index (χ1n) is 17.2. The SMILES string of the molecule is C#CC.C=Cc1ccc2c(-c3ccc(-c4ccc(-c5cn(-c6ccccc6N)c(C)c5/C(C)=C\C)cc4)c4ccccc34)c(C)cnc2c1NC. The number of terminal acetylenes is 1. The standard InChI is InChI=1S/C44H40N4.C3H4/c1-7-27(3)41-29(5)48(40-16-12-11-15-39(40)45)26-38(41)32-19-17-31(18-20-32)33-23-24-36(35-14-10-9-13-34(33)35)42-28(4)25-47-44-37(42)22-21-30(8-2)43(44)46-6;1-3-2/h7-26,46H,2,45H2,1,3-6H3;1H,2H3/b27-7-;. The molecular formula is C47H44N4. The molecule has 0 spiro atoms. The minimum atomic E-state index is 0.761. The number of pyridine rings is 1. The number of nitrogens with one attached hydrogen (secondary N) is 1. The largest absolute Gasteiger partial charge is 0.397 e. The molecule has 4 heteroatoms. The van der Waals surface area contributed by atoms with Crippen LogP contribution in [-0.4, -0.2) is 16.6 Å². The lowest BCUT2D eigenvalue weighted by atomic mass is 9.88.